The van der Waals surface area contributed by atoms with Crippen LogP contribution in [0.5, 0.6) is 5.75 Å². The highest BCUT2D eigenvalue weighted by molar-refractivity contribution is 5.95. The molecule has 3 heterocycles. The summed E-state index contributed by atoms with van der Waals surface area (Å²) in [6.07, 6.45) is -2.48. The predicted octanol–water partition coefficient (Wildman–Crippen LogP) is 5.11. The van der Waals surface area contributed by atoms with Crippen LogP contribution in [0.4, 0.5) is 23.2 Å². The highest BCUT2D eigenvalue weighted by Crippen LogP contribution is 2.55. The van der Waals surface area contributed by atoms with Crippen LogP contribution in [0.1, 0.15) is 50.6 Å². The Morgan fingerprint density at radius 3 is 2.40 bits per heavy atom. The number of amides is 1. The van der Waals surface area contributed by atoms with E-state index in [2.05, 4.69) is 15.3 Å². The minimum absolute atomic E-state index is 0.0230. The Labute approximate surface area is 228 Å². The van der Waals surface area contributed by atoms with Crippen molar-refractivity contribution >= 4 is 17.4 Å². The van der Waals surface area contributed by atoms with Crippen LogP contribution in [0.25, 0.3) is 5.76 Å². The summed E-state index contributed by atoms with van der Waals surface area (Å²) < 4.78 is 84.5. The van der Waals surface area contributed by atoms with Crippen LogP contribution in [0, 0.1) is 18.7 Å². The highest BCUT2D eigenvalue weighted by atomic mass is 19.4. The number of nitrogens with one attached hydrogen (secondary N) is 1. The lowest BCUT2D eigenvalue weighted by molar-refractivity contribution is -0.272. The van der Waals surface area contributed by atoms with Gasteiger partial charge < -0.3 is 29.0 Å². The fourth-order valence-corrected chi connectivity index (χ4v) is 4.73. The van der Waals surface area contributed by atoms with Crippen LogP contribution in [0.15, 0.2) is 30.8 Å². The summed E-state index contributed by atoms with van der Waals surface area (Å²) in [6.45, 7) is 7.29. The summed E-state index contributed by atoms with van der Waals surface area (Å²) in [6, 6.07) is 2.46. The van der Waals surface area contributed by atoms with Gasteiger partial charge in [0, 0.05) is 43.9 Å². The number of nitrogens with zero attached hydrogens (tertiary/aromatic N) is 2. The van der Waals surface area contributed by atoms with Gasteiger partial charge in [0.25, 0.3) is 5.91 Å². The smallest absolute Gasteiger partial charge is 0.417 e. The molecule has 218 valence electrons. The number of carbonyl (C=O) groups is 1. The van der Waals surface area contributed by atoms with Crippen molar-refractivity contribution < 1.29 is 46.0 Å². The maximum absolute atomic E-state index is 14.5. The number of carbonyl (C=O) groups excluding carboxylic acids is 1. The molecule has 0 radical (unpaired) electrons. The van der Waals surface area contributed by atoms with Crippen molar-refractivity contribution in [2.75, 3.05) is 25.6 Å². The van der Waals surface area contributed by atoms with Gasteiger partial charge in [0.1, 0.15) is 30.5 Å². The Kier molecular flexibility index (Phi) is 8.01. The van der Waals surface area contributed by atoms with Gasteiger partial charge in [-0.1, -0.05) is 13.0 Å². The molecule has 1 fully saturated rings. The number of rotatable bonds is 8. The largest absolute Gasteiger partial charge is 0.491 e. The zero-order valence-corrected chi connectivity index (χ0v) is 22.9. The van der Waals surface area contributed by atoms with Crippen LogP contribution >= 0.6 is 0 Å². The lowest BCUT2D eigenvalue weighted by atomic mass is 9.76. The van der Waals surface area contributed by atoms with Crippen molar-refractivity contribution in [3.63, 3.8) is 0 Å². The number of anilines is 1. The van der Waals surface area contributed by atoms with E-state index in [4.69, 9.17) is 23.7 Å². The molecule has 40 heavy (non-hydrogen) atoms. The Morgan fingerprint density at radius 1 is 1.15 bits per heavy atom. The van der Waals surface area contributed by atoms with Crippen LogP contribution in [-0.4, -0.2) is 59.9 Å². The normalized spacial score (nSPS) is 25.6. The number of methoxy groups -OCH3 is 1. The van der Waals surface area contributed by atoms with Gasteiger partial charge in [0.05, 0.1) is 24.7 Å². The van der Waals surface area contributed by atoms with E-state index in [0.29, 0.717) is 0 Å². The Morgan fingerprint density at radius 2 is 1.82 bits per heavy atom. The van der Waals surface area contributed by atoms with Crippen LogP contribution in [-0.2, 0) is 23.7 Å². The fraction of sp³-hybridized carbons (Fsp3) is 0.519. The molecule has 2 aliphatic heterocycles. The van der Waals surface area contributed by atoms with Gasteiger partial charge in [-0.25, -0.2) is 14.4 Å². The highest BCUT2D eigenvalue weighted by Gasteiger charge is 2.65. The maximum atomic E-state index is 14.5. The molecule has 1 saturated heterocycles. The second kappa shape index (κ2) is 10.8. The molecule has 2 aromatic rings. The lowest BCUT2D eigenvalue weighted by Gasteiger charge is -2.32. The van der Waals surface area contributed by atoms with Gasteiger partial charge in [-0.05, 0) is 19.9 Å². The second-order valence-electron chi connectivity index (χ2n) is 10.3. The van der Waals surface area contributed by atoms with Gasteiger partial charge in [-0.15, -0.1) is 0 Å². The number of halogens is 4. The third-order valence-corrected chi connectivity index (χ3v) is 7.14. The number of hydrogen-bond donors (Lipinski definition) is 1. The van der Waals surface area contributed by atoms with Crippen molar-refractivity contribution in [2.24, 2.45) is 5.92 Å². The van der Waals surface area contributed by atoms with E-state index in [1.54, 1.807) is 13.8 Å². The molecule has 0 bridgehead atoms. The van der Waals surface area contributed by atoms with Gasteiger partial charge in [0.2, 0.25) is 11.5 Å². The first-order valence-corrected chi connectivity index (χ1v) is 12.5. The molecule has 9 nitrogen and oxygen atoms in total. The van der Waals surface area contributed by atoms with E-state index in [1.807, 2.05) is 0 Å². The van der Waals surface area contributed by atoms with Gasteiger partial charge >= 0.3 is 6.18 Å². The molecule has 13 heteroatoms. The Hall–Kier alpha value is -3.45. The Bertz CT molecular complexity index is 1280. The molecule has 0 spiro atoms. The van der Waals surface area contributed by atoms with E-state index in [1.165, 1.54) is 45.7 Å². The standard InChI is InChI=1S/C27H31F4N3O6/c1-14-18(28)8-7-17(21(14)37-10-9-36-6)20-15(2)26(5,27(29,30)31)40-22(20)24(35)34-16-11-32-23(33-12-16)19-13-38-25(3,4)39-19/h7-8,11-13,15,20,22H,9-10H2,1-6H3,(H,34,35)/t15-,20-,22+,26+/m1/s1. The monoisotopic (exact) mass is 569 g/mol. The molecule has 1 N–H and O–H groups in total. The average molecular weight is 570 g/mol. The minimum atomic E-state index is -4.80. The molecule has 1 amide bonds. The van der Waals surface area contributed by atoms with E-state index in [9.17, 15) is 22.4 Å². The first-order valence-electron chi connectivity index (χ1n) is 12.5. The van der Waals surface area contributed by atoms with Crippen LogP contribution in [0.2, 0.25) is 0 Å². The van der Waals surface area contributed by atoms with E-state index in [-0.39, 0.29) is 47.4 Å². The summed E-state index contributed by atoms with van der Waals surface area (Å²) in [4.78, 5) is 21.8. The van der Waals surface area contributed by atoms with Crippen molar-refractivity contribution in [1.29, 1.82) is 0 Å². The Balaban J connectivity index is 1.66. The molecule has 4 rings (SSSR count). The van der Waals surface area contributed by atoms with Crippen molar-refractivity contribution in [3.05, 3.63) is 53.6 Å². The number of aromatic nitrogens is 2. The third-order valence-electron chi connectivity index (χ3n) is 7.14. The minimum Gasteiger partial charge on any atom is -0.491 e. The summed E-state index contributed by atoms with van der Waals surface area (Å²) in [5.41, 5.74) is -2.24. The molecule has 0 saturated carbocycles. The fourth-order valence-electron chi connectivity index (χ4n) is 4.73. The zero-order valence-electron chi connectivity index (χ0n) is 22.9. The van der Waals surface area contributed by atoms with E-state index in [0.717, 1.165) is 13.0 Å². The van der Waals surface area contributed by atoms with Gasteiger partial charge in [-0.2, -0.15) is 13.2 Å². The molecule has 1 aromatic heterocycles. The summed E-state index contributed by atoms with van der Waals surface area (Å²) in [5, 5.41) is 2.54. The van der Waals surface area contributed by atoms with Crippen molar-refractivity contribution in [3.8, 4) is 5.75 Å². The van der Waals surface area contributed by atoms with Gasteiger partial charge in [0.15, 0.2) is 11.4 Å². The quantitative estimate of drug-likeness (QED) is 0.346. The molecular formula is C27H31F4N3O6. The first kappa shape index (κ1) is 29.5. The summed E-state index contributed by atoms with van der Waals surface area (Å²) >= 11 is 0. The predicted molar refractivity (Wildman–Crippen MR) is 135 cm³/mol. The molecule has 0 unspecified atom stereocenters. The summed E-state index contributed by atoms with van der Waals surface area (Å²) in [7, 11) is 1.45. The average Bonchev–Trinajstić information content (AvgIpc) is 3.39. The molecular weight excluding hydrogens is 538 g/mol. The van der Waals surface area contributed by atoms with E-state index < -0.39 is 47.2 Å². The number of ether oxygens (including phenoxy) is 5. The molecule has 2 aliphatic rings. The second-order valence-corrected chi connectivity index (χ2v) is 10.3. The van der Waals surface area contributed by atoms with E-state index >= 15 is 0 Å². The number of hydrogen-bond acceptors (Lipinski definition) is 8. The third kappa shape index (κ3) is 5.57. The first-order chi connectivity index (χ1) is 18.7. The van der Waals surface area contributed by atoms with Crippen LogP contribution < -0.4 is 10.1 Å². The SMILES string of the molecule is COCCOc1c([C@@H]2[C@@H](C(=O)Nc3cnc(C4=COC(C)(C)O4)nc3)O[C@](C)(C(F)(F)F)[C@@H]2C)ccc(F)c1C. The van der Waals surface area contributed by atoms with Crippen molar-refractivity contribution in [2.45, 2.75) is 64.2 Å². The maximum Gasteiger partial charge on any atom is 0.417 e. The zero-order chi connectivity index (χ0) is 29.5. The summed E-state index contributed by atoms with van der Waals surface area (Å²) in [5.74, 6) is -4.20. The van der Waals surface area contributed by atoms with Crippen molar-refractivity contribution in [1.82, 2.24) is 9.97 Å². The number of benzene rings is 1. The van der Waals surface area contributed by atoms with Gasteiger partial charge in [-0.3, -0.25) is 4.79 Å². The lowest BCUT2D eigenvalue weighted by Crippen LogP contribution is -2.47. The van der Waals surface area contributed by atoms with Crippen LogP contribution in [0.3, 0.4) is 0 Å². The molecule has 1 aromatic carbocycles. The molecule has 0 aliphatic carbocycles. The molecule has 4 atom stereocenters. The number of alkyl halides is 3. The topological polar surface area (TPSA) is 101 Å².